The van der Waals surface area contributed by atoms with E-state index < -0.39 is 5.97 Å². The Morgan fingerprint density at radius 2 is 2.31 bits per heavy atom. The summed E-state index contributed by atoms with van der Waals surface area (Å²) in [5, 5.41) is 8.29. The first-order valence-corrected chi connectivity index (χ1v) is 5.29. The highest BCUT2D eigenvalue weighted by Crippen LogP contribution is 2.59. The molecule has 1 saturated heterocycles. The molecule has 0 spiro atoms. The van der Waals surface area contributed by atoms with E-state index in [2.05, 4.69) is 6.08 Å². The highest BCUT2D eigenvalue weighted by molar-refractivity contribution is 8.10. The number of thioether (sulfide) groups is 1. The Morgan fingerprint density at radius 3 is 2.62 bits per heavy atom. The molecule has 0 aromatic carbocycles. The molecule has 2 aliphatic rings. The van der Waals surface area contributed by atoms with Crippen molar-refractivity contribution < 1.29 is 9.90 Å². The van der Waals surface area contributed by atoms with E-state index in [0.717, 1.165) is 0 Å². The molecule has 0 aromatic heterocycles. The van der Waals surface area contributed by atoms with Gasteiger partial charge < -0.3 is 5.11 Å². The number of carbonyl (C=O) groups is 1. The van der Waals surface area contributed by atoms with Gasteiger partial charge in [0.2, 0.25) is 0 Å². The van der Waals surface area contributed by atoms with E-state index in [4.69, 9.17) is 16.7 Å². The number of hydrogen-bond donors (Lipinski definition) is 1. The van der Waals surface area contributed by atoms with Gasteiger partial charge in [0.1, 0.15) is 4.21 Å². The molecule has 0 bridgehead atoms. The van der Waals surface area contributed by atoms with Gasteiger partial charge in [0.05, 0.1) is 5.25 Å². The maximum Gasteiger partial charge on any atom is 0.303 e. The monoisotopic (exact) mass is 218 g/mol. The van der Waals surface area contributed by atoms with E-state index in [9.17, 15) is 4.79 Å². The number of fused-ring (bicyclic) bond motifs is 1. The lowest BCUT2D eigenvalue weighted by atomic mass is 10.2. The minimum Gasteiger partial charge on any atom is -0.481 e. The van der Waals surface area contributed by atoms with Crippen molar-refractivity contribution in [3.8, 4) is 0 Å². The van der Waals surface area contributed by atoms with Crippen molar-refractivity contribution in [2.75, 3.05) is 0 Å². The standard InChI is InChI=1S/C6H5ClS.C3H6O2/c7-6-4-2-1-3-5(6)8-6;1-2-3(4)5/h1-5H;2H2,1H3,(H,4,5). The van der Waals surface area contributed by atoms with E-state index in [-0.39, 0.29) is 10.6 Å². The zero-order valence-electron chi connectivity index (χ0n) is 7.24. The predicted molar refractivity (Wildman–Crippen MR) is 56.2 cm³/mol. The van der Waals surface area contributed by atoms with E-state index in [1.165, 1.54) is 0 Å². The highest BCUT2D eigenvalue weighted by atomic mass is 35.5. The number of hydrogen-bond acceptors (Lipinski definition) is 2. The van der Waals surface area contributed by atoms with Crippen LogP contribution in [0.1, 0.15) is 13.3 Å². The van der Waals surface area contributed by atoms with Gasteiger partial charge >= 0.3 is 5.97 Å². The fourth-order valence-electron chi connectivity index (χ4n) is 0.817. The summed E-state index contributed by atoms with van der Waals surface area (Å²) in [6, 6.07) is 0. The molecule has 13 heavy (non-hydrogen) atoms. The fourth-order valence-corrected chi connectivity index (χ4v) is 2.06. The van der Waals surface area contributed by atoms with E-state index in [1.807, 2.05) is 18.2 Å². The van der Waals surface area contributed by atoms with Crippen LogP contribution in [-0.2, 0) is 4.79 Å². The molecule has 1 heterocycles. The molecule has 4 heteroatoms. The van der Waals surface area contributed by atoms with Gasteiger partial charge in [-0.05, 0) is 0 Å². The number of allylic oxidation sites excluding steroid dienone is 2. The lowest BCUT2D eigenvalue weighted by Gasteiger charge is -1.96. The first-order valence-electron chi connectivity index (χ1n) is 4.03. The summed E-state index contributed by atoms with van der Waals surface area (Å²) in [4.78, 5) is 9.37. The van der Waals surface area contributed by atoms with Crippen LogP contribution in [0.25, 0.3) is 0 Å². The molecule has 72 valence electrons. The Bertz CT molecular complexity index is 262. The molecule has 2 rings (SSSR count). The van der Waals surface area contributed by atoms with Crippen molar-refractivity contribution in [2.45, 2.75) is 22.8 Å². The van der Waals surface area contributed by atoms with Crippen molar-refractivity contribution in [3.05, 3.63) is 24.3 Å². The van der Waals surface area contributed by atoms with Gasteiger partial charge in [-0.3, -0.25) is 4.79 Å². The third kappa shape index (κ3) is 3.08. The third-order valence-corrected chi connectivity index (χ3v) is 3.70. The molecule has 2 nitrogen and oxygen atoms in total. The molecule has 0 radical (unpaired) electrons. The number of alkyl halides is 1. The van der Waals surface area contributed by atoms with Gasteiger partial charge in [-0.25, -0.2) is 0 Å². The molecule has 2 unspecified atom stereocenters. The summed E-state index contributed by atoms with van der Waals surface area (Å²) >= 11 is 7.76. The molecule has 0 aromatic rings. The van der Waals surface area contributed by atoms with Crippen LogP contribution in [0.5, 0.6) is 0 Å². The van der Waals surface area contributed by atoms with Crippen LogP contribution in [0.15, 0.2) is 24.3 Å². The molecule has 0 amide bonds. The number of rotatable bonds is 1. The van der Waals surface area contributed by atoms with Gasteiger partial charge in [-0.15, -0.1) is 23.4 Å². The molecule has 2 atom stereocenters. The van der Waals surface area contributed by atoms with Crippen LogP contribution < -0.4 is 0 Å². The Labute approximate surface area is 86.7 Å². The number of carboxylic acid groups (broad SMARTS) is 1. The Morgan fingerprint density at radius 1 is 1.69 bits per heavy atom. The number of carboxylic acids is 1. The quantitative estimate of drug-likeness (QED) is 0.543. The van der Waals surface area contributed by atoms with E-state index in [0.29, 0.717) is 5.25 Å². The molecule has 1 aliphatic carbocycles. The summed E-state index contributed by atoms with van der Waals surface area (Å²) in [7, 11) is 0. The average Bonchev–Trinajstić information content (AvgIpc) is 2.77. The predicted octanol–water partition coefficient (Wildman–Crippen LogP) is 2.64. The van der Waals surface area contributed by atoms with Gasteiger partial charge in [0.25, 0.3) is 0 Å². The third-order valence-electron chi connectivity index (χ3n) is 1.66. The molecule has 1 fully saturated rings. The second-order valence-electron chi connectivity index (χ2n) is 2.73. The fraction of sp³-hybridized carbons (Fsp3) is 0.444. The topological polar surface area (TPSA) is 37.3 Å². The number of aliphatic carboxylic acids is 1. The Hall–Kier alpha value is -0.410. The van der Waals surface area contributed by atoms with Crippen LogP contribution in [0.2, 0.25) is 0 Å². The molecule has 0 saturated carbocycles. The van der Waals surface area contributed by atoms with Crippen molar-refractivity contribution in [1.29, 1.82) is 0 Å². The largest absolute Gasteiger partial charge is 0.481 e. The Balaban J connectivity index is 0.000000149. The molecular formula is C9H11ClO2S. The van der Waals surface area contributed by atoms with Crippen LogP contribution in [0.4, 0.5) is 0 Å². The van der Waals surface area contributed by atoms with Gasteiger partial charge in [-0.2, -0.15) is 0 Å². The normalized spacial score (nSPS) is 32.9. The first-order chi connectivity index (χ1) is 6.08. The van der Waals surface area contributed by atoms with Crippen LogP contribution in [0.3, 0.4) is 0 Å². The second-order valence-corrected chi connectivity index (χ2v) is 5.00. The zero-order chi connectivity index (χ0) is 9.90. The zero-order valence-corrected chi connectivity index (χ0v) is 8.81. The van der Waals surface area contributed by atoms with Crippen LogP contribution in [0, 0.1) is 0 Å². The van der Waals surface area contributed by atoms with Crippen LogP contribution >= 0.6 is 23.4 Å². The Kier molecular flexibility index (Phi) is 3.45. The van der Waals surface area contributed by atoms with Crippen molar-refractivity contribution in [1.82, 2.24) is 0 Å². The van der Waals surface area contributed by atoms with Crippen molar-refractivity contribution in [3.63, 3.8) is 0 Å². The minimum absolute atomic E-state index is 0.0330. The van der Waals surface area contributed by atoms with Crippen LogP contribution in [-0.4, -0.2) is 20.5 Å². The summed E-state index contributed by atoms with van der Waals surface area (Å²) < 4.78 is -0.0330. The highest BCUT2D eigenvalue weighted by Gasteiger charge is 2.51. The average molecular weight is 219 g/mol. The molecule has 1 N–H and O–H groups in total. The number of halogens is 1. The lowest BCUT2D eigenvalue weighted by Crippen LogP contribution is -2.00. The van der Waals surface area contributed by atoms with Crippen molar-refractivity contribution >= 4 is 29.3 Å². The second kappa shape index (κ2) is 4.20. The van der Waals surface area contributed by atoms with E-state index >= 15 is 0 Å². The first kappa shape index (κ1) is 10.7. The van der Waals surface area contributed by atoms with E-state index in [1.54, 1.807) is 18.7 Å². The molecular weight excluding hydrogens is 208 g/mol. The SMILES string of the molecule is CCC(=O)O.ClC12C=CC=CC1S2. The smallest absolute Gasteiger partial charge is 0.303 e. The summed E-state index contributed by atoms with van der Waals surface area (Å²) in [6.45, 7) is 1.60. The molecule has 1 aliphatic heterocycles. The summed E-state index contributed by atoms with van der Waals surface area (Å²) in [5.74, 6) is -0.745. The lowest BCUT2D eigenvalue weighted by molar-refractivity contribution is -0.136. The minimum atomic E-state index is -0.745. The summed E-state index contributed by atoms with van der Waals surface area (Å²) in [6.07, 6.45) is 8.45. The van der Waals surface area contributed by atoms with Gasteiger partial charge in [0.15, 0.2) is 0 Å². The maximum atomic E-state index is 9.37. The van der Waals surface area contributed by atoms with Crippen molar-refractivity contribution in [2.24, 2.45) is 0 Å². The van der Waals surface area contributed by atoms with Gasteiger partial charge in [0, 0.05) is 6.42 Å². The van der Waals surface area contributed by atoms with Gasteiger partial charge in [-0.1, -0.05) is 31.2 Å². The summed E-state index contributed by atoms with van der Waals surface area (Å²) in [5.41, 5.74) is 0. The maximum absolute atomic E-state index is 9.37.